The first-order valence-electron chi connectivity index (χ1n) is 6.44. The summed E-state index contributed by atoms with van der Waals surface area (Å²) >= 11 is 1.43. The topological polar surface area (TPSA) is 90.2 Å². The van der Waals surface area contributed by atoms with Crippen LogP contribution in [0.3, 0.4) is 0 Å². The van der Waals surface area contributed by atoms with Gasteiger partial charge in [-0.1, -0.05) is 18.3 Å². The van der Waals surface area contributed by atoms with Crippen molar-refractivity contribution in [2.24, 2.45) is 0 Å². The average Bonchev–Trinajstić information content (AvgIpc) is 2.97. The van der Waals surface area contributed by atoms with Crippen LogP contribution in [0.4, 0.5) is 5.69 Å². The molecule has 1 aromatic carbocycles. The molecule has 1 atom stereocenters. The third kappa shape index (κ3) is 3.17. The van der Waals surface area contributed by atoms with E-state index in [1.807, 2.05) is 7.05 Å². The molecule has 0 aliphatic rings. The second kappa shape index (κ2) is 6.59. The van der Waals surface area contributed by atoms with E-state index >= 15 is 0 Å². The standard InChI is InChI=1S/C13H16N4O3S/c1-4-9(14-2)13-16-15-12(21-13)8-5-6-11(20-3)10(7-8)17(18)19/h5-7,9,14H,4H2,1-3H3. The Kier molecular flexibility index (Phi) is 4.81. The second-order valence-corrected chi connectivity index (χ2v) is 5.35. The quantitative estimate of drug-likeness (QED) is 0.652. The molecule has 7 nitrogen and oxygen atoms in total. The van der Waals surface area contributed by atoms with E-state index < -0.39 is 4.92 Å². The molecule has 2 rings (SSSR count). The molecule has 1 heterocycles. The van der Waals surface area contributed by atoms with Crippen molar-refractivity contribution in [2.75, 3.05) is 14.2 Å². The number of nitro groups is 1. The van der Waals surface area contributed by atoms with Crippen LogP contribution in [-0.2, 0) is 0 Å². The Hall–Kier alpha value is -2.06. The lowest BCUT2D eigenvalue weighted by Crippen LogP contribution is -2.14. The Labute approximate surface area is 126 Å². The van der Waals surface area contributed by atoms with E-state index in [9.17, 15) is 10.1 Å². The molecule has 0 radical (unpaired) electrons. The molecule has 0 saturated heterocycles. The highest BCUT2D eigenvalue weighted by atomic mass is 32.1. The summed E-state index contributed by atoms with van der Waals surface area (Å²) in [6, 6.07) is 4.92. The number of rotatable bonds is 6. The van der Waals surface area contributed by atoms with E-state index in [-0.39, 0.29) is 17.5 Å². The van der Waals surface area contributed by atoms with Crippen molar-refractivity contribution in [2.45, 2.75) is 19.4 Å². The number of hydrogen-bond donors (Lipinski definition) is 1. The van der Waals surface area contributed by atoms with Gasteiger partial charge >= 0.3 is 5.69 Å². The Balaban J connectivity index is 2.38. The maximum absolute atomic E-state index is 11.1. The van der Waals surface area contributed by atoms with Gasteiger partial charge in [-0.25, -0.2) is 0 Å². The monoisotopic (exact) mass is 308 g/mol. The number of nitrogens with zero attached hydrogens (tertiary/aromatic N) is 3. The molecule has 0 aliphatic heterocycles. The van der Waals surface area contributed by atoms with Gasteiger partial charge in [-0.05, 0) is 25.6 Å². The molecule has 1 N–H and O–H groups in total. The maximum Gasteiger partial charge on any atom is 0.311 e. The summed E-state index contributed by atoms with van der Waals surface area (Å²) in [5.41, 5.74) is 0.588. The van der Waals surface area contributed by atoms with Gasteiger partial charge in [0, 0.05) is 11.6 Å². The van der Waals surface area contributed by atoms with Crippen molar-refractivity contribution < 1.29 is 9.66 Å². The summed E-state index contributed by atoms with van der Waals surface area (Å²) in [4.78, 5) is 10.6. The second-order valence-electron chi connectivity index (χ2n) is 4.34. The Morgan fingerprint density at radius 1 is 1.48 bits per heavy atom. The van der Waals surface area contributed by atoms with Gasteiger partial charge in [0.15, 0.2) is 5.75 Å². The van der Waals surface area contributed by atoms with Gasteiger partial charge in [0.2, 0.25) is 0 Å². The van der Waals surface area contributed by atoms with Crippen LogP contribution in [0.15, 0.2) is 18.2 Å². The largest absolute Gasteiger partial charge is 0.490 e. The van der Waals surface area contributed by atoms with Crippen LogP contribution in [-0.4, -0.2) is 29.3 Å². The molecule has 0 bridgehead atoms. The molecule has 112 valence electrons. The highest BCUT2D eigenvalue weighted by Crippen LogP contribution is 2.34. The summed E-state index contributed by atoms with van der Waals surface area (Å²) in [7, 11) is 3.28. The third-order valence-electron chi connectivity index (χ3n) is 3.12. The van der Waals surface area contributed by atoms with Crippen LogP contribution < -0.4 is 10.1 Å². The van der Waals surface area contributed by atoms with Crippen molar-refractivity contribution in [3.63, 3.8) is 0 Å². The highest BCUT2D eigenvalue weighted by Gasteiger charge is 2.19. The third-order valence-corrected chi connectivity index (χ3v) is 4.20. The summed E-state index contributed by atoms with van der Waals surface area (Å²) < 4.78 is 4.99. The van der Waals surface area contributed by atoms with Crippen LogP contribution in [0.25, 0.3) is 10.6 Å². The first-order chi connectivity index (χ1) is 10.1. The lowest BCUT2D eigenvalue weighted by molar-refractivity contribution is -0.385. The Bertz CT molecular complexity index is 640. The van der Waals surface area contributed by atoms with Crippen molar-refractivity contribution in [3.8, 4) is 16.3 Å². The van der Waals surface area contributed by atoms with Crippen molar-refractivity contribution in [1.82, 2.24) is 15.5 Å². The predicted molar refractivity (Wildman–Crippen MR) is 80.6 cm³/mol. The summed E-state index contributed by atoms with van der Waals surface area (Å²) in [6.07, 6.45) is 0.897. The molecule has 0 spiro atoms. The lowest BCUT2D eigenvalue weighted by Gasteiger charge is -2.08. The number of aromatic nitrogens is 2. The van der Waals surface area contributed by atoms with Gasteiger partial charge in [-0.3, -0.25) is 10.1 Å². The van der Waals surface area contributed by atoms with E-state index in [0.717, 1.165) is 11.4 Å². The van der Waals surface area contributed by atoms with E-state index in [1.54, 1.807) is 12.1 Å². The molecule has 0 fully saturated rings. The minimum absolute atomic E-state index is 0.0765. The predicted octanol–water partition coefficient (Wildman–Crippen LogP) is 2.79. The summed E-state index contributed by atoms with van der Waals surface area (Å²) in [5, 5.41) is 24.0. The molecular formula is C13H16N4O3S. The molecule has 8 heteroatoms. The molecule has 1 aromatic heterocycles. The van der Waals surface area contributed by atoms with E-state index in [0.29, 0.717) is 10.6 Å². The van der Waals surface area contributed by atoms with Crippen molar-refractivity contribution >= 4 is 17.0 Å². The van der Waals surface area contributed by atoms with Crippen LogP contribution >= 0.6 is 11.3 Å². The molecule has 21 heavy (non-hydrogen) atoms. The summed E-state index contributed by atoms with van der Waals surface area (Å²) in [5.74, 6) is 0.232. The van der Waals surface area contributed by atoms with Crippen molar-refractivity contribution in [1.29, 1.82) is 0 Å². The van der Waals surface area contributed by atoms with Crippen LogP contribution in [0.5, 0.6) is 5.75 Å². The fourth-order valence-corrected chi connectivity index (χ4v) is 2.99. The fourth-order valence-electron chi connectivity index (χ4n) is 1.96. The first-order valence-corrected chi connectivity index (χ1v) is 7.25. The number of methoxy groups -OCH3 is 1. The van der Waals surface area contributed by atoms with Crippen molar-refractivity contribution in [3.05, 3.63) is 33.3 Å². The van der Waals surface area contributed by atoms with Crippen LogP contribution in [0.1, 0.15) is 24.4 Å². The van der Waals surface area contributed by atoms with Gasteiger partial charge < -0.3 is 10.1 Å². The first kappa shape index (κ1) is 15.3. The van der Waals surface area contributed by atoms with Gasteiger partial charge in [0.05, 0.1) is 18.1 Å². The number of hydrogen-bond acceptors (Lipinski definition) is 7. The normalized spacial score (nSPS) is 12.1. The number of nitrogens with one attached hydrogen (secondary N) is 1. The van der Waals surface area contributed by atoms with Crippen LogP contribution in [0, 0.1) is 10.1 Å². The molecule has 0 saturated carbocycles. The highest BCUT2D eigenvalue weighted by molar-refractivity contribution is 7.14. The van der Waals surface area contributed by atoms with E-state index in [2.05, 4.69) is 22.4 Å². The zero-order valence-electron chi connectivity index (χ0n) is 12.0. The lowest BCUT2D eigenvalue weighted by atomic mass is 10.2. The molecule has 2 aromatic rings. The number of nitro benzene ring substituents is 1. The number of benzene rings is 1. The SMILES string of the molecule is CCC(NC)c1nnc(-c2ccc(OC)c([N+](=O)[O-])c2)s1. The minimum Gasteiger partial charge on any atom is -0.490 e. The van der Waals surface area contributed by atoms with E-state index in [1.165, 1.54) is 24.5 Å². The van der Waals surface area contributed by atoms with E-state index in [4.69, 9.17) is 4.74 Å². The van der Waals surface area contributed by atoms with Gasteiger partial charge in [0.1, 0.15) is 10.0 Å². The fraction of sp³-hybridized carbons (Fsp3) is 0.385. The molecular weight excluding hydrogens is 292 g/mol. The van der Waals surface area contributed by atoms with Crippen LogP contribution in [0.2, 0.25) is 0 Å². The number of ether oxygens (including phenoxy) is 1. The smallest absolute Gasteiger partial charge is 0.311 e. The Morgan fingerprint density at radius 2 is 2.24 bits per heavy atom. The molecule has 0 amide bonds. The summed E-state index contributed by atoms with van der Waals surface area (Å²) in [6.45, 7) is 2.06. The minimum atomic E-state index is -0.466. The van der Waals surface area contributed by atoms with Gasteiger partial charge in [-0.2, -0.15) is 0 Å². The molecule has 1 unspecified atom stereocenters. The zero-order valence-corrected chi connectivity index (χ0v) is 12.8. The average molecular weight is 308 g/mol. The Morgan fingerprint density at radius 3 is 2.81 bits per heavy atom. The van der Waals surface area contributed by atoms with Gasteiger partial charge in [0.25, 0.3) is 0 Å². The zero-order chi connectivity index (χ0) is 15.4. The van der Waals surface area contributed by atoms with Gasteiger partial charge in [-0.15, -0.1) is 10.2 Å². The molecule has 0 aliphatic carbocycles. The maximum atomic E-state index is 11.1.